The van der Waals surface area contributed by atoms with Crippen molar-refractivity contribution in [1.29, 1.82) is 5.26 Å². The predicted octanol–water partition coefficient (Wildman–Crippen LogP) is 3.68. The third-order valence-electron chi connectivity index (χ3n) is 6.60. The molecule has 2 heterocycles. The van der Waals surface area contributed by atoms with Gasteiger partial charge in [0.25, 0.3) is 5.91 Å². The third kappa shape index (κ3) is 3.91. The van der Waals surface area contributed by atoms with Crippen molar-refractivity contribution in [3.8, 4) is 6.07 Å². The quantitative estimate of drug-likeness (QED) is 0.729. The number of nitrogens with zero attached hydrogens (tertiary/aromatic N) is 3. The minimum Gasteiger partial charge on any atom is -0.396 e. The van der Waals surface area contributed by atoms with Gasteiger partial charge in [-0.1, -0.05) is 6.07 Å². The summed E-state index contributed by atoms with van der Waals surface area (Å²) in [6.07, 6.45) is -4.18. The average molecular weight is 447 g/mol. The van der Waals surface area contributed by atoms with Gasteiger partial charge in [0.15, 0.2) is 0 Å². The van der Waals surface area contributed by atoms with Crippen LogP contribution in [0.4, 0.5) is 23.2 Å². The first-order valence-corrected chi connectivity index (χ1v) is 10.2. The number of carbonyl (C=O) groups is 1. The maximum absolute atomic E-state index is 13.5. The molecule has 2 aromatic carbocycles. The molecule has 0 aromatic heterocycles. The van der Waals surface area contributed by atoms with E-state index in [1.807, 2.05) is 0 Å². The Labute approximate surface area is 182 Å². The Bertz CT molecular complexity index is 1080. The van der Waals surface area contributed by atoms with Crippen LogP contribution in [0.15, 0.2) is 42.5 Å². The Hall–Kier alpha value is -3.12. The van der Waals surface area contributed by atoms with Crippen LogP contribution < -0.4 is 4.90 Å². The van der Waals surface area contributed by atoms with Crippen LogP contribution in [0.5, 0.6) is 0 Å². The van der Waals surface area contributed by atoms with Crippen LogP contribution in [0.2, 0.25) is 0 Å². The highest BCUT2D eigenvalue weighted by atomic mass is 19.4. The van der Waals surface area contributed by atoms with Gasteiger partial charge in [0, 0.05) is 48.8 Å². The number of amides is 1. The van der Waals surface area contributed by atoms with E-state index in [1.54, 1.807) is 15.9 Å². The normalized spacial score (nSPS) is 23.1. The maximum Gasteiger partial charge on any atom is 0.417 e. The summed E-state index contributed by atoms with van der Waals surface area (Å²) in [5.74, 6) is -0.984. The molecule has 2 aliphatic rings. The van der Waals surface area contributed by atoms with E-state index in [1.165, 1.54) is 30.3 Å². The fourth-order valence-electron chi connectivity index (χ4n) is 4.79. The first-order chi connectivity index (χ1) is 15.2. The van der Waals surface area contributed by atoms with E-state index in [2.05, 4.69) is 0 Å². The highest BCUT2D eigenvalue weighted by Gasteiger charge is 2.50. The summed E-state index contributed by atoms with van der Waals surface area (Å²) in [6.45, 7) is 1.23. The Morgan fingerprint density at radius 1 is 1.22 bits per heavy atom. The van der Waals surface area contributed by atoms with E-state index >= 15 is 0 Å². The molecule has 2 atom stereocenters. The minimum atomic E-state index is -4.66. The SMILES string of the molecule is N#Cc1ccc(N2C[C@H]3CN(C(=O)c4cccc(F)c4)CC[C@@]3(CO)C2)cc1C(F)(F)F. The molecule has 0 saturated carbocycles. The van der Waals surface area contributed by atoms with Gasteiger partial charge in [0.05, 0.1) is 23.8 Å². The number of halogens is 4. The second-order valence-electron chi connectivity index (χ2n) is 8.45. The summed E-state index contributed by atoms with van der Waals surface area (Å²) in [6, 6.07) is 10.6. The largest absolute Gasteiger partial charge is 0.417 e. The number of nitriles is 1. The number of likely N-dealkylation sites (tertiary alicyclic amines) is 1. The van der Waals surface area contributed by atoms with Crippen molar-refractivity contribution in [1.82, 2.24) is 4.90 Å². The van der Waals surface area contributed by atoms with Crippen LogP contribution in [0.25, 0.3) is 0 Å². The van der Waals surface area contributed by atoms with Gasteiger partial charge in [-0.05, 0) is 42.8 Å². The molecule has 0 aliphatic carbocycles. The highest BCUT2D eigenvalue weighted by molar-refractivity contribution is 5.94. The molecule has 5 nitrogen and oxygen atoms in total. The lowest BCUT2D eigenvalue weighted by Crippen LogP contribution is -2.50. The number of piperidine rings is 1. The maximum atomic E-state index is 13.5. The molecule has 2 aromatic rings. The number of fused-ring (bicyclic) bond motifs is 1. The van der Waals surface area contributed by atoms with Crippen LogP contribution >= 0.6 is 0 Å². The highest BCUT2D eigenvalue weighted by Crippen LogP contribution is 2.45. The molecule has 0 bridgehead atoms. The molecule has 2 aliphatic heterocycles. The molecule has 1 N–H and O–H groups in total. The summed E-state index contributed by atoms with van der Waals surface area (Å²) in [4.78, 5) is 16.2. The van der Waals surface area contributed by atoms with Gasteiger partial charge in [-0.15, -0.1) is 0 Å². The molecule has 2 saturated heterocycles. The van der Waals surface area contributed by atoms with Crippen LogP contribution in [-0.2, 0) is 6.18 Å². The summed E-state index contributed by atoms with van der Waals surface area (Å²) in [5, 5.41) is 19.2. The molecule has 2 fully saturated rings. The zero-order chi connectivity index (χ0) is 23.1. The molecule has 0 spiro atoms. The first-order valence-electron chi connectivity index (χ1n) is 10.2. The van der Waals surface area contributed by atoms with Gasteiger partial charge >= 0.3 is 6.18 Å². The van der Waals surface area contributed by atoms with Crippen molar-refractivity contribution in [2.45, 2.75) is 12.6 Å². The van der Waals surface area contributed by atoms with Gasteiger partial charge in [0.2, 0.25) is 0 Å². The van der Waals surface area contributed by atoms with Crippen molar-refractivity contribution in [2.24, 2.45) is 11.3 Å². The fourth-order valence-corrected chi connectivity index (χ4v) is 4.79. The number of benzene rings is 2. The number of alkyl halides is 3. The van der Waals surface area contributed by atoms with Crippen LogP contribution in [0.3, 0.4) is 0 Å². The van der Waals surface area contributed by atoms with E-state index in [4.69, 9.17) is 5.26 Å². The summed E-state index contributed by atoms with van der Waals surface area (Å²) in [5.41, 5.74) is -1.43. The molecule has 1 amide bonds. The van der Waals surface area contributed by atoms with Crippen molar-refractivity contribution >= 4 is 11.6 Å². The number of hydrogen-bond acceptors (Lipinski definition) is 4. The lowest BCUT2D eigenvalue weighted by atomic mass is 9.73. The molecule has 4 rings (SSSR count). The Morgan fingerprint density at radius 3 is 2.66 bits per heavy atom. The molecule has 9 heteroatoms. The lowest BCUT2D eigenvalue weighted by molar-refractivity contribution is -0.137. The van der Waals surface area contributed by atoms with Crippen molar-refractivity contribution < 1.29 is 27.5 Å². The number of aliphatic hydroxyl groups is 1. The molecule has 0 unspecified atom stereocenters. The molecular weight excluding hydrogens is 426 g/mol. The number of hydrogen-bond donors (Lipinski definition) is 1. The number of rotatable bonds is 3. The lowest BCUT2D eigenvalue weighted by Gasteiger charge is -2.42. The predicted molar refractivity (Wildman–Crippen MR) is 108 cm³/mol. The monoisotopic (exact) mass is 447 g/mol. The second-order valence-corrected chi connectivity index (χ2v) is 8.45. The molecular formula is C23H21F4N3O2. The Balaban J connectivity index is 1.57. The van der Waals surface area contributed by atoms with Crippen molar-refractivity contribution in [3.63, 3.8) is 0 Å². The second kappa shape index (κ2) is 8.10. The van der Waals surface area contributed by atoms with E-state index < -0.39 is 28.5 Å². The average Bonchev–Trinajstić information content (AvgIpc) is 3.17. The first kappa shape index (κ1) is 22.1. The summed E-state index contributed by atoms with van der Waals surface area (Å²) < 4.78 is 53.7. The van der Waals surface area contributed by atoms with Crippen molar-refractivity contribution in [2.75, 3.05) is 37.7 Å². The summed E-state index contributed by atoms with van der Waals surface area (Å²) in [7, 11) is 0. The molecule has 32 heavy (non-hydrogen) atoms. The third-order valence-corrected chi connectivity index (χ3v) is 6.60. The van der Waals surface area contributed by atoms with Crippen LogP contribution in [0.1, 0.15) is 27.9 Å². The van der Waals surface area contributed by atoms with Crippen LogP contribution in [0, 0.1) is 28.5 Å². The van der Waals surface area contributed by atoms with Crippen LogP contribution in [-0.4, -0.2) is 48.7 Å². The standard InChI is InChI=1S/C23H21F4N3O2/c24-18-3-1-2-15(8-18)21(32)29-7-6-22(14-31)13-30(12-17(22)11-29)19-5-4-16(10-28)20(9-19)23(25,26)27/h1-5,8-9,17,31H,6-7,11-14H2/t17-,22+/m1/s1. The van der Waals surface area contributed by atoms with Gasteiger partial charge in [0.1, 0.15) is 5.82 Å². The topological polar surface area (TPSA) is 67.6 Å². The van der Waals surface area contributed by atoms with E-state index in [-0.39, 0.29) is 24.0 Å². The van der Waals surface area contributed by atoms with Gasteiger partial charge in [-0.3, -0.25) is 4.79 Å². The molecule has 168 valence electrons. The zero-order valence-electron chi connectivity index (χ0n) is 17.1. The van der Waals surface area contributed by atoms with Gasteiger partial charge in [-0.25, -0.2) is 4.39 Å². The van der Waals surface area contributed by atoms with E-state index in [9.17, 15) is 27.5 Å². The van der Waals surface area contributed by atoms with E-state index in [0.29, 0.717) is 38.3 Å². The Kier molecular flexibility index (Phi) is 5.59. The number of anilines is 1. The van der Waals surface area contributed by atoms with Crippen molar-refractivity contribution in [3.05, 3.63) is 65.0 Å². The minimum absolute atomic E-state index is 0.154. The number of aliphatic hydroxyl groups excluding tert-OH is 1. The van der Waals surface area contributed by atoms with Gasteiger partial charge in [-0.2, -0.15) is 18.4 Å². The zero-order valence-corrected chi connectivity index (χ0v) is 17.1. The van der Waals surface area contributed by atoms with E-state index in [0.717, 1.165) is 12.1 Å². The number of carbonyl (C=O) groups excluding carboxylic acids is 1. The smallest absolute Gasteiger partial charge is 0.396 e. The van der Waals surface area contributed by atoms with Gasteiger partial charge < -0.3 is 14.9 Å². The fraction of sp³-hybridized carbons (Fsp3) is 0.391. The molecule has 0 radical (unpaired) electrons. The Morgan fingerprint density at radius 2 is 2.00 bits per heavy atom. The summed E-state index contributed by atoms with van der Waals surface area (Å²) >= 11 is 0.